The summed E-state index contributed by atoms with van der Waals surface area (Å²) in [5.74, 6) is -14.5. The number of carboxylic acid groups (broad SMARTS) is 1. The normalized spacial score (nSPS) is 20.2. The van der Waals surface area contributed by atoms with Gasteiger partial charge < -0.3 is 82.3 Å². The second kappa shape index (κ2) is 51.9. The summed E-state index contributed by atoms with van der Waals surface area (Å²) in [6, 6.07) is 9.06. The lowest BCUT2D eigenvalue weighted by Crippen LogP contribution is -2.53. The number of ketones is 4. The van der Waals surface area contributed by atoms with Crippen molar-refractivity contribution in [2.45, 2.75) is 102 Å². The number of hydrogen-bond donors (Lipinski definition) is 11. The molecule has 0 saturated carbocycles. The molecule has 103 heavy (non-hydrogen) atoms. The molecule has 2 heterocycles. The topological polar surface area (TPSA) is 480 Å². The fourth-order valence-corrected chi connectivity index (χ4v) is 13.1. The quantitative estimate of drug-likeness (QED) is 0.0131. The Morgan fingerprint density at radius 2 is 1.23 bits per heavy atom. The first-order chi connectivity index (χ1) is 49.6. The van der Waals surface area contributed by atoms with Crippen molar-refractivity contribution in [2.75, 3.05) is 128 Å². The highest BCUT2D eigenvalue weighted by Gasteiger charge is 2.36. The molecule has 0 radical (unpaired) electrons. The Morgan fingerprint density at radius 1 is 0.631 bits per heavy atom. The maximum atomic E-state index is 14.6. The molecule has 0 aromatic heterocycles. The van der Waals surface area contributed by atoms with Gasteiger partial charge in [-0.05, 0) is 61.8 Å². The first kappa shape index (κ1) is 87.2. The molecular weight excluding hydrogens is 1410 g/mol. The van der Waals surface area contributed by atoms with Crippen molar-refractivity contribution in [1.29, 1.82) is 0 Å². The highest BCUT2D eigenvalue weighted by Crippen LogP contribution is 2.27. The first-order valence-electron chi connectivity index (χ1n) is 33.5. The number of amides is 8. The van der Waals surface area contributed by atoms with E-state index < -0.39 is 158 Å². The predicted octanol–water partition coefficient (Wildman–Crippen LogP) is -0.617. The number of Topliss-reactive ketones (excluding diaryl/α,β-unsaturated/α-hetero) is 4. The van der Waals surface area contributed by atoms with Crippen LogP contribution in [0.5, 0.6) is 0 Å². The van der Waals surface area contributed by atoms with Crippen LogP contribution >= 0.6 is 33.3 Å². The highest BCUT2D eigenvalue weighted by molar-refractivity contribution is 8.76. The van der Waals surface area contributed by atoms with Crippen LogP contribution in [0.4, 0.5) is 4.39 Å². The van der Waals surface area contributed by atoms with Gasteiger partial charge in [-0.15, -0.1) is 11.8 Å². The Balaban J connectivity index is 1.29. The third kappa shape index (κ3) is 39.3. The zero-order chi connectivity index (χ0) is 75.0. The monoisotopic (exact) mass is 1510 g/mol. The van der Waals surface area contributed by atoms with E-state index in [1.165, 1.54) is 30.5 Å². The molecule has 2 saturated heterocycles. The van der Waals surface area contributed by atoms with Crippen LogP contribution in [0.15, 0.2) is 64.7 Å². The molecule has 4 rings (SSSR count). The van der Waals surface area contributed by atoms with E-state index in [4.69, 9.17) is 44.8 Å². The smallest absolute Gasteiger partial charge is 0.304 e. The average molecular weight is 1510 g/mol. The molecule has 37 heteroatoms. The number of benzene rings is 2. The number of carboxylic acids is 1. The molecule has 2 aliphatic heterocycles. The van der Waals surface area contributed by atoms with E-state index in [1.807, 2.05) is 0 Å². The molecule has 2 aromatic carbocycles. The Kier molecular flexibility index (Phi) is 43.9. The lowest BCUT2D eigenvalue weighted by atomic mass is 9.90. The van der Waals surface area contributed by atoms with Crippen LogP contribution in [0.3, 0.4) is 0 Å². The predicted molar refractivity (Wildman–Crippen MR) is 378 cm³/mol. The number of aliphatic imine (C=N–C) groups is 1. The molecule has 13 N–H and O–H groups in total. The Hall–Kier alpha value is -8.17. The van der Waals surface area contributed by atoms with Crippen LogP contribution in [0.25, 0.3) is 0 Å². The van der Waals surface area contributed by atoms with Crippen molar-refractivity contribution >= 4 is 122 Å². The third-order valence-corrected chi connectivity index (χ3v) is 18.6. The van der Waals surface area contributed by atoms with Crippen LogP contribution in [0, 0.1) is 23.6 Å². The molecular formula is C66H95FN12O21S3. The standard InChI is InChI=1S/C66H95FN12O21S3/c1-2-54(81)51-39-101-42-60(87)75-50(12-6-7-17-70-57(84)36-98-37-58(85)71-19-20-94-21-22-95-23-24-96-25-26-97-27-28-99-79-59(86)38-100-74-34-44-13-15-48(67)16-14-44)65(93)78-53-41-103-102-40-52(56(83)32-46(63(91)76-51)29-43-9-4-3-5-10-43)77-64(92)47(33-61(88)89)30-49(80)35-73-62(90)45(31-55(53)82)11-8-18-72-66(68)69/h3-5,9-10,13-16,34,45-47,50-53H,2,6-8,11-12,17-33,35-42H2,1H3,(H,70,84)(H,71,85)(H,73,90)(H,75,87)(H,76,91)(H,77,92)(H,78,93)(H,79,86)(H,88,89)(H4,68,69,72)/b74-34+/t45-,46-,47+,50+,51+,52+,53+/m1/s1/i67-1. The molecule has 0 spiro atoms. The molecule has 7 atom stereocenters. The van der Waals surface area contributed by atoms with Crippen molar-refractivity contribution in [1.82, 2.24) is 42.7 Å². The Bertz CT molecular complexity index is 3110. The van der Waals surface area contributed by atoms with Crippen molar-refractivity contribution in [3.63, 3.8) is 0 Å². The summed E-state index contributed by atoms with van der Waals surface area (Å²) >= 11 is 0.984. The van der Waals surface area contributed by atoms with Crippen LogP contribution in [-0.4, -0.2) is 246 Å². The summed E-state index contributed by atoms with van der Waals surface area (Å²) in [4.78, 5) is 189. The number of fused-ring (bicyclic) bond motifs is 5. The number of carbonyl (C=O) groups excluding carboxylic acids is 12. The second-order valence-electron chi connectivity index (χ2n) is 23.4. The van der Waals surface area contributed by atoms with Gasteiger partial charge in [-0.25, -0.2) is 9.87 Å². The van der Waals surface area contributed by atoms with Gasteiger partial charge in [0, 0.05) is 74.4 Å². The van der Waals surface area contributed by atoms with E-state index in [2.05, 4.69) is 52.8 Å². The number of unbranched alkanes of at least 4 members (excludes halogenated alkanes) is 1. The van der Waals surface area contributed by atoms with Gasteiger partial charge in [-0.1, -0.05) is 76.1 Å². The number of halogens is 1. The largest absolute Gasteiger partial charge is 0.481 e. The summed E-state index contributed by atoms with van der Waals surface area (Å²) in [6.45, 7) is 2.03. The molecule has 2 aromatic rings. The van der Waals surface area contributed by atoms with Crippen LogP contribution < -0.4 is 54.2 Å². The minimum Gasteiger partial charge on any atom is -0.481 e. The van der Waals surface area contributed by atoms with Crippen LogP contribution in [-0.2, 0) is 102 Å². The van der Waals surface area contributed by atoms with Gasteiger partial charge in [-0.3, -0.25) is 72.2 Å². The maximum absolute atomic E-state index is 14.6. The molecule has 0 aliphatic carbocycles. The van der Waals surface area contributed by atoms with Gasteiger partial charge in [0.15, 0.2) is 35.7 Å². The van der Waals surface area contributed by atoms with Gasteiger partial charge in [0.05, 0.1) is 108 Å². The maximum Gasteiger partial charge on any atom is 0.304 e. The highest BCUT2D eigenvalue weighted by atomic mass is 33.1. The van der Waals surface area contributed by atoms with Crippen molar-refractivity contribution in [2.24, 2.45) is 39.4 Å². The van der Waals surface area contributed by atoms with Gasteiger partial charge in [0.2, 0.25) is 41.4 Å². The number of carbonyl (C=O) groups is 13. The van der Waals surface area contributed by atoms with Crippen molar-refractivity contribution in [3.05, 3.63) is 71.5 Å². The zero-order valence-electron chi connectivity index (χ0n) is 57.5. The number of nitrogens with two attached hydrogens (primary N) is 2. The van der Waals surface area contributed by atoms with E-state index in [1.54, 1.807) is 37.3 Å². The minimum atomic E-state index is -1.51. The molecule has 2 fully saturated rings. The van der Waals surface area contributed by atoms with Crippen LogP contribution in [0.2, 0.25) is 0 Å². The van der Waals surface area contributed by atoms with E-state index in [0.717, 1.165) is 33.3 Å². The minimum absolute atomic E-state index is 0.0117. The zero-order valence-corrected chi connectivity index (χ0v) is 59.9. The van der Waals surface area contributed by atoms with Gasteiger partial charge in [0.1, 0.15) is 25.1 Å². The van der Waals surface area contributed by atoms with Crippen molar-refractivity contribution < 1.29 is 105 Å². The fraction of sp³-hybridized carbons (Fsp3) is 0.591. The molecule has 0 unspecified atom stereocenters. The van der Waals surface area contributed by atoms with E-state index in [0.29, 0.717) is 30.9 Å². The number of hydrogen-bond acceptors (Lipinski definition) is 25. The Labute approximate surface area is 608 Å². The molecule has 2 bridgehead atoms. The summed E-state index contributed by atoms with van der Waals surface area (Å²) in [5.41, 5.74) is 14.5. The lowest BCUT2D eigenvalue weighted by molar-refractivity contribution is -0.142. The Morgan fingerprint density at radius 3 is 1.86 bits per heavy atom. The first-order valence-corrected chi connectivity index (χ1v) is 37.2. The van der Waals surface area contributed by atoms with Gasteiger partial charge >= 0.3 is 5.97 Å². The summed E-state index contributed by atoms with van der Waals surface area (Å²) in [6.07, 6.45) is -0.458. The number of aliphatic carboxylic acids is 1. The summed E-state index contributed by atoms with van der Waals surface area (Å²) in [5, 5.41) is 32.1. The molecule has 8 amide bonds. The number of oxime groups is 1. The van der Waals surface area contributed by atoms with E-state index in [9.17, 15) is 71.8 Å². The summed E-state index contributed by atoms with van der Waals surface area (Å²) < 4.78 is 40.0. The fourth-order valence-electron chi connectivity index (χ4n) is 9.76. The lowest BCUT2D eigenvalue weighted by Gasteiger charge is -2.26. The summed E-state index contributed by atoms with van der Waals surface area (Å²) in [7, 11) is 2.01. The molecule has 570 valence electrons. The number of guanidine groups is 1. The number of hydroxylamine groups is 1. The van der Waals surface area contributed by atoms with Gasteiger partial charge in [0.25, 0.3) is 5.91 Å². The van der Waals surface area contributed by atoms with E-state index in [-0.39, 0.29) is 151 Å². The number of ether oxygens (including phenoxy) is 5. The molecule has 33 nitrogen and oxygen atoms in total. The van der Waals surface area contributed by atoms with Gasteiger partial charge in [-0.2, -0.15) is 0 Å². The van der Waals surface area contributed by atoms with Crippen LogP contribution in [0.1, 0.15) is 82.3 Å². The van der Waals surface area contributed by atoms with E-state index >= 15 is 0 Å². The number of nitrogens with one attached hydrogen (secondary N) is 8. The SMILES string of the molecule is CCC(=O)[C@@H]1CSCC(=O)N[C@@H](CCCCNC(=O)COCC(=O)NCCOCCOCCOCCOCCONC(=O)CO/N=C/c2ccc([18F])cc2)C(=O)N[C@H]2CSSC[C@H](NC(=O)[C@H](CC(=O)O)CC(=O)CNC(=O)[C@H](CCCN=C(N)N)CC2=O)C(=O)C[C@@H](Cc2ccccc2)C(=O)N1. The number of rotatable bonds is 39. The number of nitrogens with zero attached hydrogens (tertiary/aromatic N) is 2. The third-order valence-electron chi connectivity index (χ3n) is 15.1. The average Bonchev–Trinajstić information content (AvgIpc) is 1.36. The molecule has 2 aliphatic rings. The van der Waals surface area contributed by atoms with Crippen molar-refractivity contribution in [3.8, 4) is 0 Å². The number of thioether (sulfide) groups is 1. The second-order valence-corrected chi connectivity index (χ2v) is 27.0.